The first kappa shape index (κ1) is 12.9. The highest BCUT2D eigenvalue weighted by Gasteiger charge is 2.26. The van der Waals surface area contributed by atoms with Crippen molar-refractivity contribution >= 4 is 11.6 Å². The minimum atomic E-state index is -0.184. The number of nitrogens with zero attached hydrogens (tertiary/aromatic N) is 1. The van der Waals surface area contributed by atoms with E-state index in [1.165, 1.54) is 6.42 Å². The molecule has 0 aromatic heterocycles. The van der Waals surface area contributed by atoms with E-state index in [4.69, 9.17) is 11.6 Å². The quantitative estimate of drug-likeness (QED) is 0.895. The Balaban J connectivity index is 2.01. The number of rotatable bonds is 3. The van der Waals surface area contributed by atoms with Crippen LogP contribution in [-0.2, 0) is 6.54 Å². The molecule has 1 aliphatic carbocycles. The van der Waals surface area contributed by atoms with Gasteiger partial charge in [-0.25, -0.2) is 0 Å². The summed E-state index contributed by atoms with van der Waals surface area (Å²) in [4.78, 5) is 2.23. The Morgan fingerprint density at radius 2 is 2.00 bits per heavy atom. The first-order chi connectivity index (χ1) is 8.18. The van der Waals surface area contributed by atoms with Crippen LogP contribution in [0.4, 0.5) is 0 Å². The summed E-state index contributed by atoms with van der Waals surface area (Å²) in [5.41, 5.74) is 1.13. The number of halogens is 1. The first-order valence-corrected chi connectivity index (χ1v) is 6.68. The molecule has 2 nitrogen and oxygen atoms in total. The van der Waals surface area contributed by atoms with Crippen LogP contribution >= 0.6 is 11.6 Å². The van der Waals surface area contributed by atoms with Gasteiger partial charge in [0, 0.05) is 17.6 Å². The largest absolute Gasteiger partial charge is 0.391 e. The Labute approximate surface area is 108 Å². The molecular formula is C14H20ClNO. The third-order valence-electron chi connectivity index (χ3n) is 3.64. The maximum Gasteiger partial charge on any atom is 0.0695 e. The van der Waals surface area contributed by atoms with E-state index in [2.05, 4.69) is 11.9 Å². The fourth-order valence-corrected chi connectivity index (χ4v) is 2.81. The predicted octanol–water partition coefficient (Wildman–Crippen LogP) is 3.08. The molecule has 94 valence electrons. The van der Waals surface area contributed by atoms with E-state index in [0.29, 0.717) is 0 Å². The van der Waals surface area contributed by atoms with Crippen molar-refractivity contribution in [2.75, 3.05) is 7.05 Å². The number of hydrogen-bond acceptors (Lipinski definition) is 2. The van der Waals surface area contributed by atoms with Gasteiger partial charge < -0.3 is 5.11 Å². The molecule has 3 heteroatoms. The molecule has 2 unspecified atom stereocenters. The van der Waals surface area contributed by atoms with Crippen LogP contribution in [-0.4, -0.2) is 29.2 Å². The second kappa shape index (κ2) is 5.85. The van der Waals surface area contributed by atoms with E-state index in [1.807, 2.05) is 24.3 Å². The molecule has 1 aromatic carbocycles. The highest BCUT2D eigenvalue weighted by molar-refractivity contribution is 6.31. The van der Waals surface area contributed by atoms with Gasteiger partial charge in [0.25, 0.3) is 0 Å². The minimum Gasteiger partial charge on any atom is -0.391 e. The van der Waals surface area contributed by atoms with Crippen LogP contribution in [0.3, 0.4) is 0 Å². The van der Waals surface area contributed by atoms with Gasteiger partial charge in [-0.05, 0) is 31.5 Å². The van der Waals surface area contributed by atoms with Crippen LogP contribution in [0.2, 0.25) is 5.02 Å². The third kappa shape index (κ3) is 3.21. The molecule has 1 N–H and O–H groups in total. The summed E-state index contributed by atoms with van der Waals surface area (Å²) < 4.78 is 0. The monoisotopic (exact) mass is 253 g/mol. The van der Waals surface area contributed by atoms with Gasteiger partial charge in [-0.3, -0.25) is 4.90 Å². The Bertz CT molecular complexity index is 369. The van der Waals surface area contributed by atoms with Crippen LogP contribution in [0, 0.1) is 0 Å². The zero-order valence-corrected chi connectivity index (χ0v) is 11.0. The van der Waals surface area contributed by atoms with Gasteiger partial charge in [-0.2, -0.15) is 0 Å². The summed E-state index contributed by atoms with van der Waals surface area (Å²) in [7, 11) is 2.07. The van der Waals surface area contributed by atoms with E-state index in [9.17, 15) is 5.11 Å². The lowest BCUT2D eigenvalue weighted by Crippen LogP contribution is -2.42. The van der Waals surface area contributed by atoms with Crippen molar-refractivity contribution in [3.63, 3.8) is 0 Å². The second-order valence-corrected chi connectivity index (χ2v) is 5.33. The summed E-state index contributed by atoms with van der Waals surface area (Å²) in [5, 5.41) is 10.8. The Morgan fingerprint density at radius 1 is 1.29 bits per heavy atom. The molecule has 1 fully saturated rings. The molecule has 0 spiro atoms. The molecule has 0 aliphatic heterocycles. The first-order valence-electron chi connectivity index (χ1n) is 6.30. The van der Waals surface area contributed by atoms with Gasteiger partial charge in [-0.1, -0.05) is 42.6 Å². The van der Waals surface area contributed by atoms with E-state index in [1.54, 1.807) is 0 Å². The topological polar surface area (TPSA) is 23.5 Å². The molecule has 0 saturated heterocycles. The van der Waals surface area contributed by atoms with Gasteiger partial charge >= 0.3 is 0 Å². The fraction of sp³-hybridized carbons (Fsp3) is 0.571. The van der Waals surface area contributed by atoms with E-state index in [0.717, 1.165) is 36.4 Å². The molecule has 1 saturated carbocycles. The van der Waals surface area contributed by atoms with E-state index in [-0.39, 0.29) is 12.1 Å². The molecule has 0 radical (unpaired) electrons. The average Bonchev–Trinajstić information content (AvgIpc) is 2.32. The lowest BCUT2D eigenvalue weighted by Gasteiger charge is -2.35. The van der Waals surface area contributed by atoms with Gasteiger partial charge in [0.2, 0.25) is 0 Å². The summed E-state index contributed by atoms with van der Waals surface area (Å²) in [5.74, 6) is 0. The lowest BCUT2D eigenvalue weighted by molar-refractivity contribution is 0.0288. The molecular weight excluding hydrogens is 234 g/mol. The highest BCUT2D eigenvalue weighted by Crippen LogP contribution is 2.25. The molecule has 1 aliphatic rings. The lowest BCUT2D eigenvalue weighted by atomic mass is 9.91. The van der Waals surface area contributed by atoms with Crippen LogP contribution in [0.15, 0.2) is 24.3 Å². The fourth-order valence-electron chi connectivity index (χ4n) is 2.62. The zero-order chi connectivity index (χ0) is 12.3. The van der Waals surface area contributed by atoms with Crippen molar-refractivity contribution < 1.29 is 5.11 Å². The van der Waals surface area contributed by atoms with Crippen molar-refractivity contribution in [1.29, 1.82) is 0 Å². The van der Waals surface area contributed by atoms with E-state index >= 15 is 0 Å². The van der Waals surface area contributed by atoms with Crippen LogP contribution in [0.5, 0.6) is 0 Å². The van der Waals surface area contributed by atoms with Crippen LogP contribution in [0.25, 0.3) is 0 Å². The second-order valence-electron chi connectivity index (χ2n) is 4.93. The van der Waals surface area contributed by atoms with Crippen molar-refractivity contribution in [3.05, 3.63) is 34.9 Å². The van der Waals surface area contributed by atoms with Crippen LogP contribution < -0.4 is 0 Å². The van der Waals surface area contributed by atoms with Gasteiger partial charge in [0.1, 0.15) is 0 Å². The smallest absolute Gasteiger partial charge is 0.0695 e. The van der Waals surface area contributed by atoms with Gasteiger partial charge in [0.05, 0.1) is 6.10 Å². The summed E-state index contributed by atoms with van der Waals surface area (Å²) >= 11 is 6.15. The Hall–Kier alpha value is -0.570. The average molecular weight is 254 g/mol. The van der Waals surface area contributed by atoms with Gasteiger partial charge in [-0.15, -0.1) is 0 Å². The van der Waals surface area contributed by atoms with Crippen molar-refractivity contribution in [3.8, 4) is 0 Å². The summed E-state index contributed by atoms with van der Waals surface area (Å²) in [6.07, 6.45) is 4.20. The maximum absolute atomic E-state index is 10.0. The normalized spacial score (nSPS) is 25.2. The highest BCUT2D eigenvalue weighted by atomic mass is 35.5. The van der Waals surface area contributed by atoms with Crippen LogP contribution in [0.1, 0.15) is 31.2 Å². The van der Waals surface area contributed by atoms with Crippen molar-refractivity contribution in [1.82, 2.24) is 4.90 Å². The predicted molar refractivity (Wildman–Crippen MR) is 71.2 cm³/mol. The molecule has 1 aromatic rings. The number of aliphatic hydroxyl groups is 1. The standard InChI is InChI=1S/C14H20ClNO/c1-16(13-8-4-5-9-14(13)17)10-11-6-2-3-7-12(11)15/h2-3,6-7,13-14,17H,4-5,8-10H2,1H3. The maximum atomic E-state index is 10.0. The third-order valence-corrected chi connectivity index (χ3v) is 4.01. The number of benzene rings is 1. The molecule has 0 amide bonds. The summed E-state index contributed by atoms with van der Waals surface area (Å²) in [6, 6.07) is 8.20. The molecule has 0 heterocycles. The number of aliphatic hydroxyl groups excluding tert-OH is 1. The Morgan fingerprint density at radius 3 is 2.71 bits per heavy atom. The molecule has 2 atom stereocenters. The SMILES string of the molecule is CN(Cc1ccccc1Cl)C1CCCCC1O. The zero-order valence-electron chi connectivity index (χ0n) is 10.3. The Kier molecular flexibility index (Phi) is 4.43. The molecule has 2 rings (SSSR count). The molecule has 17 heavy (non-hydrogen) atoms. The molecule has 0 bridgehead atoms. The number of likely N-dealkylation sites (N-methyl/N-ethyl adjacent to an activating group) is 1. The minimum absolute atomic E-state index is 0.184. The summed E-state index contributed by atoms with van der Waals surface area (Å²) in [6.45, 7) is 0.807. The van der Waals surface area contributed by atoms with Crippen molar-refractivity contribution in [2.45, 2.75) is 44.4 Å². The van der Waals surface area contributed by atoms with Crippen molar-refractivity contribution in [2.24, 2.45) is 0 Å². The number of hydrogen-bond donors (Lipinski definition) is 1. The van der Waals surface area contributed by atoms with E-state index < -0.39 is 0 Å². The van der Waals surface area contributed by atoms with Gasteiger partial charge in [0.15, 0.2) is 0 Å².